The fraction of sp³-hybridized carbons (Fsp3) is 0.167. The van der Waals surface area contributed by atoms with E-state index in [1.54, 1.807) is 0 Å². The Bertz CT molecular complexity index is 632. The smallest absolute Gasteiger partial charge is 0.416 e. The minimum absolute atomic E-state index is 0.153. The first-order valence-electron chi connectivity index (χ1n) is 5.23. The summed E-state index contributed by atoms with van der Waals surface area (Å²) in [6.45, 7) is 0. The maximum absolute atomic E-state index is 12.6. The van der Waals surface area contributed by atoms with Crippen molar-refractivity contribution in [3.63, 3.8) is 0 Å². The van der Waals surface area contributed by atoms with Crippen molar-refractivity contribution in [3.8, 4) is 11.1 Å². The second-order valence-electron chi connectivity index (χ2n) is 3.91. The highest BCUT2D eigenvalue weighted by atomic mass is 19.4. The van der Waals surface area contributed by atoms with E-state index in [2.05, 4.69) is 5.10 Å². The molecule has 1 N–H and O–H groups in total. The highest BCUT2D eigenvalue weighted by Crippen LogP contribution is 2.32. The third-order valence-corrected chi connectivity index (χ3v) is 2.64. The van der Waals surface area contributed by atoms with E-state index in [0.29, 0.717) is 0 Å². The minimum atomic E-state index is -4.47. The van der Waals surface area contributed by atoms with E-state index >= 15 is 0 Å². The molecule has 0 amide bonds. The maximum atomic E-state index is 12.6. The molecule has 0 aliphatic carbocycles. The van der Waals surface area contributed by atoms with Gasteiger partial charge in [0.25, 0.3) is 0 Å². The van der Waals surface area contributed by atoms with Gasteiger partial charge in [0.15, 0.2) is 5.69 Å². The van der Waals surface area contributed by atoms with Crippen molar-refractivity contribution in [2.75, 3.05) is 0 Å². The molecule has 7 heteroatoms. The van der Waals surface area contributed by atoms with Gasteiger partial charge in [-0.1, -0.05) is 12.1 Å². The second kappa shape index (κ2) is 4.42. The monoisotopic (exact) mass is 270 g/mol. The normalized spacial score (nSPS) is 11.6. The zero-order valence-corrected chi connectivity index (χ0v) is 9.77. The minimum Gasteiger partial charge on any atom is -0.477 e. The van der Waals surface area contributed by atoms with Crippen LogP contribution in [0.2, 0.25) is 0 Å². The van der Waals surface area contributed by atoms with E-state index in [9.17, 15) is 18.0 Å². The van der Waals surface area contributed by atoms with Gasteiger partial charge >= 0.3 is 12.1 Å². The van der Waals surface area contributed by atoms with Crippen LogP contribution in [0.3, 0.4) is 0 Å². The van der Waals surface area contributed by atoms with Crippen LogP contribution in [0.25, 0.3) is 11.1 Å². The number of nitrogens with zero attached hydrogens (tertiary/aromatic N) is 2. The zero-order chi connectivity index (χ0) is 14.2. The van der Waals surface area contributed by atoms with Gasteiger partial charge in [0.1, 0.15) is 0 Å². The molecule has 19 heavy (non-hydrogen) atoms. The summed E-state index contributed by atoms with van der Waals surface area (Å²) >= 11 is 0. The van der Waals surface area contributed by atoms with Crippen molar-refractivity contribution in [3.05, 3.63) is 41.7 Å². The van der Waals surface area contributed by atoms with Gasteiger partial charge in [0, 0.05) is 12.6 Å². The third kappa shape index (κ3) is 2.44. The summed E-state index contributed by atoms with van der Waals surface area (Å²) < 4.78 is 38.9. The van der Waals surface area contributed by atoms with Crippen LogP contribution in [-0.2, 0) is 13.2 Å². The van der Waals surface area contributed by atoms with E-state index in [1.165, 1.54) is 25.4 Å². The molecule has 0 aliphatic heterocycles. The second-order valence-corrected chi connectivity index (χ2v) is 3.91. The first-order chi connectivity index (χ1) is 8.80. The van der Waals surface area contributed by atoms with E-state index in [1.807, 2.05) is 0 Å². The number of carboxylic acids is 1. The van der Waals surface area contributed by atoms with Crippen LogP contribution in [0.1, 0.15) is 16.1 Å². The fourth-order valence-electron chi connectivity index (χ4n) is 1.77. The van der Waals surface area contributed by atoms with Gasteiger partial charge in [-0.3, -0.25) is 4.68 Å². The Morgan fingerprint density at radius 3 is 2.63 bits per heavy atom. The van der Waals surface area contributed by atoms with Gasteiger partial charge in [-0.05, 0) is 17.7 Å². The number of hydrogen-bond donors (Lipinski definition) is 1. The summed E-state index contributed by atoms with van der Waals surface area (Å²) in [5.41, 5.74) is -0.661. The molecule has 0 fully saturated rings. The topological polar surface area (TPSA) is 55.1 Å². The Labute approximate surface area is 106 Å². The molecule has 0 bridgehead atoms. The molecule has 0 saturated carbocycles. The number of benzene rings is 1. The third-order valence-electron chi connectivity index (χ3n) is 2.64. The predicted molar refractivity (Wildman–Crippen MR) is 60.6 cm³/mol. The van der Waals surface area contributed by atoms with E-state index < -0.39 is 17.7 Å². The van der Waals surface area contributed by atoms with Crippen LogP contribution in [-0.4, -0.2) is 20.9 Å². The lowest BCUT2D eigenvalue weighted by atomic mass is 10.0. The lowest BCUT2D eigenvalue weighted by Gasteiger charge is -2.08. The Morgan fingerprint density at radius 1 is 1.37 bits per heavy atom. The largest absolute Gasteiger partial charge is 0.477 e. The van der Waals surface area contributed by atoms with Crippen LogP contribution in [0, 0.1) is 0 Å². The molecule has 1 heterocycles. The molecule has 1 aromatic carbocycles. The molecule has 1 aromatic heterocycles. The number of carbonyl (C=O) groups is 1. The van der Waals surface area contributed by atoms with Gasteiger partial charge in [-0.15, -0.1) is 0 Å². The summed E-state index contributed by atoms with van der Waals surface area (Å²) in [6.07, 6.45) is -3.24. The average Bonchev–Trinajstić information content (AvgIpc) is 2.70. The molecule has 0 unspecified atom stereocenters. The molecule has 0 saturated heterocycles. The van der Waals surface area contributed by atoms with Crippen LogP contribution in [0.15, 0.2) is 30.5 Å². The van der Waals surface area contributed by atoms with Crippen LogP contribution < -0.4 is 0 Å². The Kier molecular flexibility index (Phi) is 3.05. The zero-order valence-electron chi connectivity index (χ0n) is 9.77. The Hall–Kier alpha value is -2.31. The molecule has 2 aromatic rings. The van der Waals surface area contributed by atoms with Crippen molar-refractivity contribution < 1.29 is 23.1 Å². The average molecular weight is 270 g/mol. The number of aromatic nitrogens is 2. The number of alkyl halides is 3. The van der Waals surface area contributed by atoms with Crippen molar-refractivity contribution in [1.29, 1.82) is 0 Å². The molecular formula is C12H9F3N2O2. The van der Waals surface area contributed by atoms with Crippen molar-refractivity contribution in [2.24, 2.45) is 7.05 Å². The standard InChI is InChI=1S/C12H9F3N2O2/c1-17-10(11(18)19)9(6-16-17)7-3-2-4-8(5-7)12(13,14)15/h2-6H,1H3,(H,18,19). The number of halogens is 3. The lowest BCUT2D eigenvalue weighted by Crippen LogP contribution is -2.07. The highest BCUT2D eigenvalue weighted by molar-refractivity contribution is 5.94. The number of rotatable bonds is 2. The maximum Gasteiger partial charge on any atom is 0.416 e. The molecule has 0 atom stereocenters. The molecule has 2 rings (SSSR count). The SMILES string of the molecule is Cn1ncc(-c2cccc(C(F)(F)F)c2)c1C(=O)O. The first-order valence-corrected chi connectivity index (χ1v) is 5.23. The van der Waals surface area contributed by atoms with Gasteiger partial charge in [0.2, 0.25) is 0 Å². The van der Waals surface area contributed by atoms with Crippen molar-refractivity contribution in [2.45, 2.75) is 6.18 Å². The molecule has 0 radical (unpaired) electrons. The van der Waals surface area contributed by atoms with Gasteiger partial charge in [-0.25, -0.2) is 4.79 Å². The predicted octanol–water partition coefficient (Wildman–Crippen LogP) is 2.80. The molecule has 4 nitrogen and oxygen atoms in total. The number of aryl methyl sites for hydroxylation is 1. The Morgan fingerprint density at radius 2 is 2.05 bits per heavy atom. The van der Waals surface area contributed by atoms with E-state index in [0.717, 1.165) is 16.8 Å². The van der Waals surface area contributed by atoms with Gasteiger partial charge < -0.3 is 5.11 Å². The van der Waals surface area contributed by atoms with Gasteiger partial charge in [-0.2, -0.15) is 18.3 Å². The lowest BCUT2D eigenvalue weighted by molar-refractivity contribution is -0.137. The number of hydrogen-bond acceptors (Lipinski definition) is 2. The summed E-state index contributed by atoms with van der Waals surface area (Å²) in [6, 6.07) is 4.49. The summed E-state index contributed by atoms with van der Waals surface area (Å²) in [4.78, 5) is 11.1. The fourth-order valence-corrected chi connectivity index (χ4v) is 1.77. The van der Waals surface area contributed by atoms with E-state index in [4.69, 9.17) is 5.11 Å². The summed E-state index contributed by atoms with van der Waals surface area (Å²) in [7, 11) is 1.42. The van der Waals surface area contributed by atoms with Gasteiger partial charge in [0.05, 0.1) is 11.8 Å². The van der Waals surface area contributed by atoms with Crippen LogP contribution in [0.4, 0.5) is 13.2 Å². The molecule has 100 valence electrons. The van der Waals surface area contributed by atoms with Crippen molar-refractivity contribution >= 4 is 5.97 Å². The number of carboxylic acid groups (broad SMARTS) is 1. The molecule has 0 spiro atoms. The summed E-state index contributed by atoms with van der Waals surface area (Å²) in [5, 5.41) is 12.8. The molecule has 0 aliphatic rings. The molecular weight excluding hydrogens is 261 g/mol. The number of aromatic carboxylic acids is 1. The van der Waals surface area contributed by atoms with Crippen molar-refractivity contribution in [1.82, 2.24) is 9.78 Å². The van der Waals surface area contributed by atoms with Crippen LogP contribution in [0.5, 0.6) is 0 Å². The first kappa shape index (κ1) is 13.1. The quantitative estimate of drug-likeness (QED) is 0.912. The van der Waals surface area contributed by atoms with Crippen LogP contribution >= 0.6 is 0 Å². The Balaban J connectivity index is 2.57. The van der Waals surface area contributed by atoms with E-state index in [-0.39, 0.29) is 16.8 Å². The highest BCUT2D eigenvalue weighted by Gasteiger charge is 2.31. The summed E-state index contributed by atoms with van der Waals surface area (Å²) in [5.74, 6) is -1.24.